The zero-order valence-electron chi connectivity index (χ0n) is 13.7. The average molecular weight is 341 g/mol. The maximum atomic E-state index is 6.20. The van der Waals surface area contributed by atoms with Crippen LogP contribution in [0.5, 0.6) is 11.5 Å². The van der Waals surface area contributed by atoms with Crippen LogP contribution in [0.2, 0.25) is 5.02 Å². The first-order valence-electron chi connectivity index (χ1n) is 7.71. The maximum Gasteiger partial charge on any atom is 0.133 e. The molecule has 5 heteroatoms. The molecule has 2 heterocycles. The summed E-state index contributed by atoms with van der Waals surface area (Å²) in [7, 11) is 1.65. The number of methoxy groups -OCH3 is 1. The molecule has 3 aromatic rings. The van der Waals surface area contributed by atoms with E-state index in [2.05, 4.69) is 5.10 Å². The van der Waals surface area contributed by atoms with Crippen molar-refractivity contribution < 1.29 is 9.47 Å². The molecule has 4 nitrogen and oxygen atoms in total. The lowest BCUT2D eigenvalue weighted by atomic mass is 9.91. The van der Waals surface area contributed by atoms with Gasteiger partial charge >= 0.3 is 0 Å². The molecule has 0 saturated carbocycles. The van der Waals surface area contributed by atoms with E-state index in [-0.39, 0.29) is 0 Å². The Morgan fingerprint density at radius 2 is 1.88 bits per heavy atom. The highest BCUT2D eigenvalue weighted by Crippen LogP contribution is 2.46. The predicted molar refractivity (Wildman–Crippen MR) is 94.2 cm³/mol. The van der Waals surface area contributed by atoms with E-state index in [1.165, 1.54) is 0 Å². The van der Waals surface area contributed by atoms with Gasteiger partial charge < -0.3 is 9.47 Å². The number of ether oxygens (including phenoxy) is 2. The van der Waals surface area contributed by atoms with Crippen LogP contribution in [0.15, 0.2) is 48.7 Å². The zero-order valence-corrected chi connectivity index (χ0v) is 14.5. The van der Waals surface area contributed by atoms with Gasteiger partial charge in [0.05, 0.1) is 24.7 Å². The van der Waals surface area contributed by atoms with Gasteiger partial charge in [-0.25, -0.2) is 4.68 Å². The lowest BCUT2D eigenvalue weighted by molar-refractivity contribution is 0.105. The van der Waals surface area contributed by atoms with Crippen molar-refractivity contribution in [2.24, 2.45) is 0 Å². The quantitative estimate of drug-likeness (QED) is 0.670. The second-order valence-electron chi connectivity index (χ2n) is 6.27. The zero-order chi connectivity index (χ0) is 16.9. The number of halogens is 1. The van der Waals surface area contributed by atoms with Gasteiger partial charge in [-0.15, -0.1) is 0 Å². The second-order valence-corrected chi connectivity index (χ2v) is 6.71. The summed E-state index contributed by atoms with van der Waals surface area (Å²) in [6.45, 7) is 4.09. The van der Waals surface area contributed by atoms with Gasteiger partial charge in [-0.3, -0.25) is 0 Å². The van der Waals surface area contributed by atoms with Crippen molar-refractivity contribution in [3.05, 3.63) is 59.2 Å². The van der Waals surface area contributed by atoms with Crippen LogP contribution in [0.4, 0.5) is 0 Å². The molecule has 1 aromatic heterocycles. The summed E-state index contributed by atoms with van der Waals surface area (Å²) in [6.07, 6.45) is 1.87. The lowest BCUT2D eigenvalue weighted by Crippen LogP contribution is -2.29. The summed E-state index contributed by atoms with van der Waals surface area (Å²) in [4.78, 5) is 0. The second kappa shape index (κ2) is 5.28. The smallest absolute Gasteiger partial charge is 0.133 e. The first kappa shape index (κ1) is 15.1. The van der Waals surface area contributed by atoms with Gasteiger partial charge in [-0.05, 0) is 50.2 Å². The molecule has 2 aromatic carbocycles. The first-order chi connectivity index (χ1) is 11.5. The highest BCUT2D eigenvalue weighted by molar-refractivity contribution is 6.30. The van der Waals surface area contributed by atoms with Crippen LogP contribution < -0.4 is 9.47 Å². The molecule has 0 saturated heterocycles. The van der Waals surface area contributed by atoms with E-state index in [0.717, 1.165) is 34.0 Å². The molecule has 122 valence electrons. The number of hydrogen-bond acceptors (Lipinski definition) is 3. The molecule has 0 aliphatic carbocycles. The number of hydrogen-bond donors (Lipinski definition) is 0. The van der Waals surface area contributed by atoms with Crippen molar-refractivity contribution in [2.45, 2.75) is 19.4 Å². The SMILES string of the molecule is COc1ccc2c(c1)OC(C)(C)c1cnn(-c3ccc(Cl)cc3)c1-2. The molecular weight excluding hydrogens is 324 g/mol. The van der Waals surface area contributed by atoms with Crippen LogP contribution in [0, 0.1) is 0 Å². The Bertz CT molecular complexity index is 914. The van der Waals surface area contributed by atoms with Gasteiger partial charge in [0.25, 0.3) is 0 Å². The Hall–Kier alpha value is -2.46. The fourth-order valence-electron chi connectivity index (χ4n) is 3.07. The van der Waals surface area contributed by atoms with Crippen molar-refractivity contribution in [2.75, 3.05) is 7.11 Å². The lowest BCUT2D eigenvalue weighted by Gasteiger charge is -2.33. The first-order valence-corrected chi connectivity index (χ1v) is 8.09. The monoisotopic (exact) mass is 340 g/mol. The van der Waals surface area contributed by atoms with Gasteiger partial charge in [0, 0.05) is 22.2 Å². The predicted octanol–water partition coefficient (Wildman–Crippen LogP) is 4.83. The van der Waals surface area contributed by atoms with Crippen LogP contribution in [0.25, 0.3) is 16.9 Å². The van der Waals surface area contributed by atoms with E-state index in [1.807, 2.05) is 67.2 Å². The van der Waals surface area contributed by atoms with E-state index < -0.39 is 5.60 Å². The average Bonchev–Trinajstić information content (AvgIpc) is 3.01. The highest BCUT2D eigenvalue weighted by atomic mass is 35.5. The molecule has 1 aliphatic rings. The van der Waals surface area contributed by atoms with Crippen molar-refractivity contribution in [1.29, 1.82) is 0 Å². The summed E-state index contributed by atoms with van der Waals surface area (Å²) >= 11 is 6.01. The van der Waals surface area contributed by atoms with E-state index in [9.17, 15) is 0 Å². The molecule has 0 spiro atoms. The van der Waals surface area contributed by atoms with Crippen molar-refractivity contribution >= 4 is 11.6 Å². The molecular formula is C19H17ClN2O2. The molecule has 0 amide bonds. The minimum Gasteiger partial charge on any atom is -0.497 e. The Labute approximate surface area is 145 Å². The molecule has 0 fully saturated rings. The van der Waals surface area contributed by atoms with Gasteiger partial charge in [-0.2, -0.15) is 5.10 Å². The molecule has 0 bridgehead atoms. The van der Waals surface area contributed by atoms with Crippen LogP contribution in [-0.2, 0) is 5.60 Å². The maximum absolute atomic E-state index is 6.20. The molecule has 1 aliphatic heterocycles. The topological polar surface area (TPSA) is 36.3 Å². The van der Waals surface area contributed by atoms with E-state index in [4.69, 9.17) is 21.1 Å². The van der Waals surface area contributed by atoms with Crippen molar-refractivity contribution in [1.82, 2.24) is 9.78 Å². The molecule has 0 atom stereocenters. The third-order valence-corrected chi connectivity index (χ3v) is 4.55. The van der Waals surface area contributed by atoms with Crippen LogP contribution in [0.3, 0.4) is 0 Å². The third kappa shape index (κ3) is 2.26. The molecule has 0 N–H and O–H groups in total. The fourth-order valence-corrected chi connectivity index (χ4v) is 3.19. The number of nitrogens with zero attached hydrogens (tertiary/aromatic N) is 2. The summed E-state index contributed by atoms with van der Waals surface area (Å²) in [5, 5.41) is 5.30. The molecule has 0 radical (unpaired) electrons. The number of aromatic nitrogens is 2. The number of rotatable bonds is 2. The normalized spacial score (nSPS) is 14.5. The number of fused-ring (bicyclic) bond motifs is 3. The number of benzene rings is 2. The highest BCUT2D eigenvalue weighted by Gasteiger charge is 2.36. The largest absolute Gasteiger partial charge is 0.497 e. The van der Waals surface area contributed by atoms with Crippen LogP contribution in [0.1, 0.15) is 19.4 Å². The Balaban J connectivity index is 1.96. The minimum absolute atomic E-state index is 0.473. The molecule has 0 unspecified atom stereocenters. The van der Waals surface area contributed by atoms with Crippen LogP contribution >= 0.6 is 11.6 Å². The van der Waals surface area contributed by atoms with Gasteiger partial charge in [0.15, 0.2) is 0 Å². The van der Waals surface area contributed by atoms with E-state index in [0.29, 0.717) is 5.02 Å². The Morgan fingerprint density at radius 1 is 1.12 bits per heavy atom. The Kier molecular flexibility index (Phi) is 3.32. The summed E-state index contributed by atoms with van der Waals surface area (Å²) < 4.78 is 13.5. The van der Waals surface area contributed by atoms with Crippen LogP contribution in [-0.4, -0.2) is 16.9 Å². The van der Waals surface area contributed by atoms with Crippen molar-refractivity contribution in [3.63, 3.8) is 0 Å². The van der Waals surface area contributed by atoms with E-state index >= 15 is 0 Å². The summed E-state index contributed by atoms with van der Waals surface area (Å²) in [5.74, 6) is 1.56. The summed E-state index contributed by atoms with van der Waals surface area (Å²) in [5.41, 5.74) is 3.57. The van der Waals surface area contributed by atoms with Gasteiger partial charge in [-0.1, -0.05) is 11.6 Å². The Morgan fingerprint density at radius 3 is 2.58 bits per heavy atom. The molecule has 4 rings (SSSR count). The molecule has 24 heavy (non-hydrogen) atoms. The fraction of sp³-hybridized carbons (Fsp3) is 0.211. The minimum atomic E-state index is -0.473. The third-order valence-electron chi connectivity index (χ3n) is 4.30. The summed E-state index contributed by atoms with van der Waals surface area (Å²) in [6, 6.07) is 13.5. The van der Waals surface area contributed by atoms with Gasteiger partial charge in [0.2, 0.25) is 0 Å². The van der Waals surface area contributed by atoms with Crippen molar-refractivity contribution in [3.8, 4) is 28.4 Å². The van der Waals surface area contributed by atoms with E-state index in [1.54, 1.807) is 7.11 Å². The standard InChI is InChI=1S/C19H17ClN2O2/c1-19(2)16-11-21-22(13-6-4-12(20)5-7-13)18(16)15-9-8-14(23-3)10-17(15)24-19/h4-11H,1-3H3. The van der Waals surface area contributed by atoms with Gasteiger partial charge in [0.1, 0.15) is 17.1 Å².